The minimum absolute atomic E-state index is 0.610. The lowest BCUT2D eigenvalue weighted by molar-refractivity contribution is 0.160. The van der Waals surface area contributed by atoms with Gasteiger partial charge in [0, 0.05) is 55.7 Å². The Morgan fingerprint density at radius 1 is 1.19 bits per heavy atom. The van der Waals surface area contributed by atoms with Gasteiger partial charge in [0.1, 0.15) is 12.0 Å². The lowest BCUT2D eigenvalue weighted by Gasteiger charge is -2.29. The van der Waals surface area contributed by atoms with Gasteiger partial charge in [-0.05, 0) is 35.9 Å². The Morgan fingerprint density at radius 2 is 2.00 bits per heavy atom. The van der Waals surface area contributed by atoms with Gasteiger partial charge in [0.25, 0.3) is 0 Å². The number of likely N-dealkylation sites (tertiary alicyclic amines) is 1. The molecule has 1 aliphatic heterocycles. The molecule has 1 N–H and O–H groups in total. The smallest absolute Gasteiger partial charge is 0.130 e. The van der Waals surface area contributed by atoms with E-state index in [0.717, 1.165) is 46.5 Å². The zero-order valence-electron chi connectivity index (χ0n) is 15.5. The molecule has 1 aromatic carbocycles. The van der Waals surface area contributed by atoms with Crippen molar-refractivity contribution in [1.82, 2.24) is 19.7 Å². The molecule has 0 spiro atoms. The molecule has 4 rings (SSSR count). The van der Waals surface area contributed by atoms with Crippen LogP contribution < -0.4 is 5.32 Å². The molecular weight excluding hydrogens is 341 g/mol. The van der Waals surface area contributed by atoms with Gasteiger partial charge >= 0.3 is 0 Å². The van der Waals surface area contributed by atoms with E-state index in [4.69, 9.17) is 0 Å². The first-order valence-electron chi connectivity index (χ1n) is 9.27. The Morgan fingerprint density at radius 3 is 2.74 bits per heavy atom. The fraction of sp³-hybridized carbons (Fsp3) is 0.333. The van der Waals surface area contributed by atoms with E-state index in [2.05, 4.69) is 45.1 Å². The number of aromatic nitrogens is 3. The number of alkyl halides is 1. The maximum Gasteiger partial charge on any atom is 0.130 e. The number of hydrogen-bond acceptors (Lipinski definition) is 4. The molecule has 0 aliphatic carbocycles. The molecule has 0 atom stereocenters. The van der Waals surface area contributed by atoms with Gasteiger partial charge in [-0.1, -0.05) is 18.7 Å². The monoisotopic (exact) mass is 365 g/mol. The van der Waals surface area contributed by atoms with Gasteiger partial charge in [-0.2, -0.15) is 5.10 Å². The minimum atomic E-state index is -0.654. The summed E-state index contributed by atoms with van der Waals surface area (Å²) in [6.07, 6.45) is 6.30. The van der Waals surface area contributed by atoms with Crippen molar-refractivity contribution in [2.24, 2.45) is 7.05 Å². The highest BCUT2D eigenvalue weighted by Crippen LogP contribution is 2.25. The van der Waals surface area contributed by atoms with Crippen LogP contribution in [-0.2, 0) is 7.05 Å². The number of benzene rings is 1. The number of anilines is 1. The summed E-state index contributed by atoms with van der Waals surface area (Å²) < 4.78 is 15.1. The van der Waals surface area contributed by atoms with Crippen molar-refractivity contribution in [1.29, 1.82) is 0 Å². The van der Waals surface area contributed by atoms with Crippen LogP contribution in [0.5, 0.6) is 0 Å². The molecule has 0 amide bonds. The van der Waals surface area contributed by atoms with Gasteiger partial charge in [0.2, 0.25) is 0 Å². The first-order valence-corrected chi connectivity index (χ1v) is 9.27. The first-order chi connectivity index (χ1) is 13.1. The quantitative estimate of drug-likeness (QED) is 0.742. The summed E-state index contributed by atoms with van der Waals surface area (Å²) in [6, 6.07) is 8.34. The fourth-order valence-electron chi connectivity index (χ4n) is 3.51. The van der Waals surface area contributed by atoms with Crippen LogP contribution in [0.1, 0.15) is 12.8 Å². The topological polar surface area (TPSA) is 46.0 Å². The van der Waals surface area contributed by atoms with Gasteiger partial charge in [-0.3, -0.25) is 9.58 Å². The van der Waals surface area contributed by atoms with Crippen LogP contribution in [-0.4, -0.2) is 45.5 Å². The summed E-state index contributed by atoms with van der Waals surface area (Å²) >= 11 is 0. The number of pyridine rings is 1. The zero-order valence-corrected chi connectivity index (χ0v) is 15.5. The number of rotatable bonds is 5. The van der Waals surface area contributed by atoms with Crippen LogP contribution in [0.4, 0.5) is 10.2 Å². The molecule has 140 valence electrons. The average molecular weight is 365 g/mol. The summed E-state index contributed by atoms with van der Waals surface area (Å²) in [5.41, 5.74) is 3.09. The third kappa shape index (κ3) is 4.17. The second-order valence-corrected chi connectivity index (χ2v) is 7.21. The molecule has 27 heavy (non-hydrogen) atoms. The van der Waals surface area contributed by atoms with E-state index in [1.807, 2.05) is 31.7 Å². The number of aryl methyl sites for hydroxylation is 1. The maximum atomic E-state index is 13.3. The predicted molar refractivity (Wildman–Crippen MR) is 107 cm³/mol. The predicted octanol–water partition coefficient (Wildman–Crippen LogP) is 3.99. The highest BCUT2D eigenvalue weighted by Gasteiger charge is 2.18. The Hall–Kier alpha value is -2.73. The standard InChI is InChI=1S/C21H24FN5/c1-15(13-27-7-5-20(22)6-8-27)25-21-10-18-9-16(3-4-17(18)11-23-21)19-12-24-26(2)14-19/h3-4,9-12,14,20H,1,5-8,13H2,2H3,(H,23,25). The van der Waals surface area contributed by atoms with Crippen molar-refractivity contribution in [2.75, 3.05) is 25.0 Å². The van der Waals surface area contributed by atoms with Gasteiger partial charge < -0.3 is 5.32 Å². The molecule has 3 aromatic rings. The number of hydrogen-bond donors (Lipinski definition) is 1. The van der Waals surface area contributed by atoms with E-state index in [1.54, 1.807) is 4.68 Å². The van der Waals surface area contributed by atoms with Crippen LogP contribution >= 0.6 is 0 Å². The normalized spacial score (nSPS) is 15.9. The number of fused-ring (bicyclic) bond motifs is 1. The van der Waals surface area contributed by atoms with Crippen molar-refractivity contribution >= 4 is 16.6 Å². The highest BCUT2D eigenvalue weighted by atomic mass is 19.1. The molecule has 1 fully saturated rings. The molecule has 1 aliphatic rings. The number of nitrogens with zero attached hydrogens (tertiary/aromatic N) is 4. The molecule has 5 nitrogen and oxygen atoms in total. The van der Waals surface area contributed by atoms with Crippen molar-refractivity contribution in [3.8, 4) is 11.1 Å². The summed E-state index contributed by atoms with van der Waals surface area (Å²) in [6.45, 7) is 6.38. The molecular formula is C21H24FN5. The zero-order chi connectivity index (χ0) is 18.8. The summed E-state index contributed by atoms with van der Waals surface area (Å²) in [4.78, 5) is 6.72. The molecule has 1 saturated heterocycles. The van der Waals surface area contributed by atoms with Crippen molar-refractivity contribution in [3.05, 3.63) is 55.1 Å². The fourth-order valence-corrected chi connectivity index (χ4v) is 3.51. The van der Waals surface area contributed by atoms with E-state index in [0.29, 0.717) is 19.4 Å². The van der Waals surface area contributed by atoms with Crippen LogP contribution in [0.15, 0.2) is 55.1 Å². The second kappa shape index (κ2) is 7.48. The maximum absolute atomic E-state index is 13.3. The molecule has 0 bridgehead atoms. The number of piperidine rings is 1. The molecule has 0 radical (unpaired) electrons. The molecule has 3 heterocycles. The Labute approximate surface area is 158 Å². The van der Waals surface area contributed by atoms with Gasteiger partial charge in [0.05, 0.1) is 6.20 Å². The van der Waals surface area contributed by atoms with Crippen LogP contribution in [0.25, 0.3) is 21.9 Å². The lowest BCUT2D eigenvalue weighted by Crippen LogP contribution is -2.36. The van der Waals surface area contributed by atoms with E-state index in [9.17, 15) is 4.39 Å². The molecule has 2 aromatic heterocycles. The SMILES string of the molecule is C=C(CN1CCC(F)CC1)Nc1cc2cc(-c3cnn(C)c3)ccc2cn1. The van der Waals surface area contributed by atoms with Crippen molar-refractivity contribution in [2.45, 2.75) is 19.0 Å². The summed E-state index contributed by atoms with van der Waals surface area (Å²) in [7, 11) is 1.91. The Bertz CT molecular complexity index is 956. The van der Waals surface area contributed by atoms with Crippen LogP contribution in [0, 0.1) is 0 Å². The second-order valence-electron chi connectivity index (χ2n) is 7.21. The lowest BCUT2D eigenvalue weighted by atomic mass is 10.1. The number of halogens is 1. The largest absolute Gasteiger partial charge is 0.343 e. The van der Waals surface area contributed by atoms with E-state index < -0.39 is 6.17 Å². The number of nitrogens with one attached hydrogen (secondary N) is 1. The van der Waals surface area contributed by atoms with Crippen molar-refractivity contribution in [3.63, 3.8) is 0 Å². The molecule has 0 saturated carbocycles. The third-order valence-electron chi connectivity index (χ3n) is 5.00. The van der Waals surface area contributed by atoms with E-state index in [1.165, 1.54) is 0 Å². The summed E-state index contributed by atoms with van der Waals surface area (Å²) in [5.74, 6) is 0.774. The summed E-state index contributed by atoms with van der Waals surface area (Å²) in [5, 5.41) is 9.74. The molecule has 0 unspecified atom stereocenters. The van der Waals surface area contributed by atoms with Gasteiger partial charge in [0.15, 0.2) is 0 Å². The van der Waals surface area contributed by atoms with E-state index in [-0.39, 0.29) is 0 Å². The highest BCUT2D eigenvalue weighted by molar-refractivity contribution is 5.88. The minimum Gasteiger partial charge on any atom is -0.343 e. The van der Waals surface area contributed by atoms with E-state index >= 15 is 0 Å². The Kier molecular flexibility index (Phi) is 4.90. The van der Waals surface area contributed by atoms with Crippen molar-refractivity contribution < 1.29 is 4.39 Å². The molecule has 6 heteroatoms. The van der Waals surface area contributed by atoms with Crippen LogP contribution in [0.2, 0.25) is 0 Å². The van der Waals surface area contributed by atoms with Gasteiger partial charge in [-0.15, -0.1) is 0 Å². The third-order valence-corrected chi connectivity index (χ3v) is 5.00. The Balaban J connectivity index is 1.48. The van der Waals surface area contributed by atoms with Crippen LogP contribution in [0.3, 0.4) is 0 Å². The van der Waals surface area contributed by atoms with Gasteiger partial charge in [-0.25, -0.2) is 9.37 Å². The average Bonchev–Trinajstić information content (AvgIpc) is 3.09. The first kappa shape index (κ1) is 17.7.